The number of pyridine rings is 1. The second-order valence-electron chi connectivity index (χ2n) is 5.55. The minimum Gasteiger partial charge on any atom is -0.493 e. The summed E-state index contributed by atoms with van der Waals surface area (Å²) in [5.74, 6) is 2.30. The highest BCUT2D eigenvalue weighted by molar-refractivity contribution is 5.86. The van der Waals surface area contributed by atoms with Crippen molar-refractivity contribution in [1.82, 2.24) is 15.0 Å². The minimum atomic E-state index is 0.263. The third-order valence-corrected chi connectivity index (χ3v) is 3.72. The van der Waals surface area contributed by atoms with E-state index in [1.54, 1.807) is 26.6 Å². The van der Waals surface area contributed by atoms with Crippen LogP contribution in [0.3, 0.4) is 0 Å². The van der Waals surface area contributed by atoms with Crippen molar-refractivity contribution < 1.29 is 9.47 Å². The molecule has 3 rings (SSSR count). The molecule has 3 aromatic rings. The highest BCUT2D eigenvalue weighted by Gasteiger charge is 2.15. The molecule has 1 aromatic carbocycles. The molecule has 0 aliphatic carbocycles. The van der Waals surface area contributed by atoms with E-state index < -0.39 is 0 Å². The van der Waals surface area contributed by atoms with Gasteiger partial charge < -0.3 is 9.47 Å². The third kappa shape index (κ3) is 2.82. The van der Waals surface area contributed by atoms with E-state index >= 15 is 0 Å². The number of hydrogen-bond acceptors (Lipinski definition) is 5. The summed E-state index contributed by atoms with van der Waals surface area (Å²) < 4.78 is 10.8. The number of rotatable bonds is 4. The molecule has 0 radical (unpaired) electrons. The summed E-state index contributed by atoms with van der Waals surface area (Å²) in [5, 5.41) is 0.982. The maximum absolute atomic E-state index is 5.41. The van der Waals surface area contributed by atoms with Crippen LogP contribution in [0.2, 0.25) is 0 Å². The van der Waals surface area contributed by atoms with Crippen LogP contribution >= 0.6 is 0 Å². The Balaban J connectivity index is 2.30. The molecule has 0 amide bonds. The first-order valence-electron chi connectivity index (χ1n) is 7.48. The van der Waals surface area contributed by atoms with Gasteiger partial charge in [-0.05, 0) is 24.1 Å². The molecule has 5 heteroatoms. The lowest BCUT2D eigenvalue weighted by Gasteiger charge is -2.14. The summed E-state index contributed by atoms with van der Waals surface area (Å²) in [6.07, 6.45) is 3.49. The Morgan fingerprint density at radius 1 is 0.913 bits per heavy atom. The van der Waals surface area contributed by atoms with Crippen LogP contribution < -0.4 is 9.47 Å². The Hall–Kier alpha value is -2.69. The van der Waals surface area contributed by atoms with Crippen LogP contribution in [0.1, 0.15) is 25.5 Å². The number of benzene rings is 1. The molecule has 2 aromatic heterocycles. The zero-order valence-corrected chi connectivity index (χ0v) is 13.7. The fourth-order valence-corrected chi connectivity index (χ4v) is 2.55. The largest absolute Gasteiger partial charge is 0.493 e. The topological polar surface area (TPSA) is 57.1 Å². The smallest absolute Gasteiger partial charge is 0.162 e. The fraction of sp³-hybridized carbons (Fsp3) is 0.278. The molecule has 0 atom stereocenters. The first kappa shape index (κ1) is 15.2. The monoisotopic (exact) mass is 309 g/mol. The average molecular weight is 309 g/mol. The summed E-state index contributed by atoms with van der Waals surface area (Å²) >= 11 is 0. The van der Waals surface area contributed by atoms with Gasteiger partial charge in [0, 0.05) is 29.4 Å². The van der Waals surface area contributed by atoms with Crippen molar-refractivity contribution in [3.8, 4) is 22.9 Å². The molecule has 0 fully saturated rings. The summed E-state index contributed by atoms with van der Waals surface area (Å²) in [7, 11) is 3.25. The second kappa shape index (κ2) is 6.20. The molecule has 0 bridgehead atoms. The van der Waals surface area contributed by atoms with Gasteiger partial charge in [0.2, 0.25) is 0 Å². The number of nitrogens with zero attached hydrogens (tertiary/aromatic N) is 3. The maximum atomic E-state index is 5.41. The van der Waals surface area contributed by atoms with E-state index in [1.807, 2.05) is 24.3 Å². The van der Waals surface area contributed by atoms with Crippen molar-refractivity contribution in [2.75, 3.05) is 14.2 Å². The van der Waals surface area contributed by atoms with Gasteiger partial charge in [-0.2, -0.15) is 0 Å². The van der Waals surface area contributed by atoms with E-state index in [0.717, 1.165) is 22.2 Å². The van der Waals surface area contributed by atoms with Crippen LogP contribution in [-0.4, -0.2) is 29.2 Å². The van der Waals surface area contributed by atoms with Gasteiger partial charge in [-0.25, -0.2) is 9.97 Å². The molecule has 0 aliphatic rings. The van der Waals surface area contributed by atoms with Crippen molar-refractivity contribution in [2.24, 2.45) is 0 Å². The zero-order valence-electron chi connectivity index (χ0n) is 13.7. The van der Waals surface area contributed by atoms with E-state index in [9.17, 15) is 0 Å². The lowest BCUT2D eigenvalue weighted by atomic mass is 10.0. The van der Waals surface area contributed by atoms with Crippen molar-refractivity contribution in [3.05, 3.63) is 42.4 Å². The molecule has 2 heterocycles. The summed E-state index contributed by atoms with van der Waals surface area (Å²) in [6, 6.07) is 7.66. The van der Waals surface area contributed by atoms with Gasteiger partial charge in [0.25, 0.3) is 0 Å². The van der Waals surface area contributed by atoms with Crippen LogP contribution in [0.15, 0.2) is 36.7 Å². The van der Waals surface area contributed by atoms with E-state index in [2.05, 4.69) is 18.8 Å². The average Bonchev–Trinajstić information content (AvgIpc) is 2.60. The molecule has 0 spiro atoms. The molecular formula is C18H19N3O2. The van der Waals surface area contributed by atoms with Gasteiger partial charge in [0.1, 0.15) is 0 Å². The molecule has 0 saturated heterocycles. The normalized spacial score (nSPS) is 11.0. The van der Waals surface area contributed by atoms with E-state index in [0.29, 0.717) is 17.3 Å². The highest BCUT2D eigenvalue weighted by Crippen LogP contribution is 2.35. The van der Waals surface area contributed by atoms with Crippen LogP contribution in [0.4, 0.5) is 0 Å². The molecule has 0 unspecified atom stereocenters. The molecule has 0 N–H and O–H groups in total. The van der Waals surface area contributed by atoms with Crippen molar-refractivity contribution >= 4 is 10.9 Å². The molecule has 0 aliphatic heterocycles. The second-order valence-corrected chi connectivity index (χ2v) is 5.55. The zero-order chi connectivity index (χ0) is 16.4. The Labute approximate surface area is 135 Å². The first-order chi connectivity index (χ1) is 11.1. The number of fused-ring (bicyclic) bond motifs is 1. The fourth-order valence-electron chi connectivity index (χ4n) is 2.55. The first-order valence-corrected chi connectivity index (χ1v) is 7.48. The number of aromatic nitrogens is 3. The highest BCUT2D eigenvalue weighted by atomic mass is 16.5. The van der Waals surface area contributed by atoms with E-state index in [1.165, 1.54) is 0 Å². The Bertz CT molecular complexity index is 833. The maximum Gasteiger partial charge on any atom is 0.162 e. The van der Waals surface area contributed by atoms with E-state index in [-0.39, 0.29) is 5.92 Å². The van der Waals surface area contributed by atoms with Gasteiger partial charge in [0.15, 0.2) is 17.3 Å². The van der Waals surface area contributed by atoms with Crippen molar-refractivity contribution in [2.45, 2.75) is 19.8 Å². The number of hydrogen-bond donors (Lipinski definition) is 0. The Morgan fingerprint density at radius 2 is 1.57 bits per heavy atom. The Morgan fingerprint density at radius 3 is 2.17 bits per heavy atom. The van der Waals surface area contributed by atoms with Crippen molar-refractivity contribution in [3.63, 3.8) is 0 Å². The lowest BCUT2D eigenvalue weighted by Crippen LogP contribution is -2.01. The van der Waals surface area contributed by atoms with Crippen LogP contribution in [-0.2, 0) is 0 Å². The van der Waals surface area contributed by atoms with Gasteiger partial charge in [0.05, 0.1) is 25.4 Å². The molecular weight excluding hydrogens is 290 g/mol. The number of ether oxygens (including phenoxy) is 2. The van der Waals surface area contributed by atoms with Crippen LogP contribution in [0.5, 0.6) is 11.5 Å². The lowest BCUT2D eigenvalue weighted by molar-refractivity contribution is 0.355. The minimum absolute atomic E-state index is 0.263. The predicted molar refractivity (Wildman–Crippen MR) is 90.0 cm³/mol. The van der Waals surface area contributed by atoms with Gasteiger partial charge in [-0.15, -0.1) is 0 Å². The molecule has 5 nitrogen and oxygen atoms in total. The standard InChI is InChI=1S/C18H19N3O2/c1-11(2)17-13-9-15(22-3)16(23-4)10-14(13)20-18(21-17)12-5-7-19-8-6-12/h5-11H,1-4H3. The predicted octanol–water partition coefficient (Wildman–Crippen LogP) is 3.83. The molecule has 118 valence electrons. The summed E-state index contributed by atoms with van der Waals surface area (Å²) in [4.78, 5) is 13.5. The Kier molecular flexibility index (Phi) is 4.10. The van der Waals surface area contributed by atoms with Crippen LogP contribution in [0, 0.1) is 0 Å². The summed E-state index contributed by atoms with van der Waals surface area (Å²) in [6.45, 7) is 4.24. The summed E-state index contributed by atoms with van der Waals surface area (Å²) in [5.41, 5.74) is 2.77. The van der Waals surface area contributed by atoms with Gasteiger partial charge >= 0.3 is 0 Å². The van der Waals surface area contributed by atoms with E-state index in [4.69, 9.17) is 19.4 Å². The molecule has 23 heavy (non-hydrogen) atoms. The van der Waals surface area contributed by atoms with Crippen molar-refractivity contribution in [1.29, 1.82) is 0 Å². The quantitative estimate of drug-likeness (QED) is 0.733. The SMILES string of the molecule is COc1cc2nc(-c3ccncc3)nc(C(C)C)c2cc1OC. The van der Waals surface area contributed by atoms with Crippen LogP contribution in [0.25, 0.3) is 22.3 Å². The van der Waals surface area contributed by atoms with Gasteiger partial charge in [-0.1, -0.05) is 13.8 Å². The number of methoxy groups -OCH3 is 2. The molecule has 0 saturated carbocycles. The van der Waals surface area contributed by atoms with Gasteiger partial charge in [-0.3, -0.25) is 4.98 Å². The third-order valence-electron chi connectivity index (χ3n) is 3.72.